The van der Waals surface area contributed by atoms with Gasteiger partial charge in [-0.1, -0.05) is 45.9 Å². The third-order valence-electron chi connectivity index (χ3n) is 3.16. The van der Waals surface area contributed by atoms with E-state index in [4.69, 9.17) is 0 Å². The Morgan fingerprint density at radius 3 is 2.31 bits per heavy atom. The van der Waals surface area contributed by atoms with E-state index in [0.717, 1.165) is 0 Å². The van der Waals surface area contributed by atoms with Crippen molar-refractivity contribution in [1.82, 2.24) is 5.32 Å². The quantitative estimate of drug-likeness (QED) is 0.750. The van der Waals surface area contributed by atoms with Crippen LogP contribution < -0.4 is 5.32 Å². The molecular formula is C14H25NS. The molecule has 1 nitrogen and oxygen atoms in total. The van der Waals surface area contributed by atoms with Gasteiger partial charge in [-0.05, 0) is 37.7 Å². The first-order chi connectivity index (χ1) is 7.47. The summed E-state index contributed by atoms with van der Waals surface area (Å²) in [5.74, 6) is 1.33. The third-order valence-corrected chi connectivity index (χ3v) is 4.55. The van der Waals surface area contributed by atoms with Crippen LogP contribution in [0.15, 0.2) is 21.2 Å². The van der Waals surface area contributed by atoms with Crippen LogP contribution in [0.25, 0.3) is 0 Å². The molecule has 0 saturated carbocycles. The highest BCUT2D eigenvalue weighted by Crippen LogP contribution is 2.41. The Morgan fingerprint density at radius 1 is 1.25 bits per heavy atom. The second kappa shape index (κ2) is 5.81. The number of thioether (sulfide) groups is 1. The molecule has 0 aromatic rings. The molecule has 0 fully saturated rings. The number of hydrogen-bond acceptors (Lipinski definition) is 2. The fourth-order valence-corrected chi connectivity index (χ4v) is 3.00. The minimum absolute atomic E-state index is 0.630. The van der Waals surface area contributed by atoms with Crippen LogP contribution in [0.3, 0.4) is 0 Å². The van der Waals surface area contributed by atoms with Crippen LogP contribution in [0.5, 0.6) is 0 Å². The smallest absolute Gasteiger partial charge is 0.0755 e. The zero-order chi connectivity index (χ0) is 12.3. The minimum Gasteiger partial charge on any atom is -0.353 e. The maximum atomic E-state index is 3.63. The van der Waals surface area contributed by atoms with E-state index in [1.807, 2.05) is 11.8 Å². The molecule has 1 aliphatic rings. The molecule has 1 aliphatic heterocycles. The molecule has 1 atom stereocenters. The Hall–Kier alpha value is -0.370. The highest BCUT2D eigenvalue weighted by atomic mass is 32.2. The van der Waals surface area contributed by atoms with E-state index in [0.29, 0.717) is 11.8 Å². The molecule has 92 valence electrons. The van der Waals surface area contributed by atoms with E-state index in [1.54, 1.807) is 4.91 Å². The summed E-state index contributed by atoms with van der Waals surface area (Å²) in [5.41, 5.74) is 2.86. The Labute approximate surface area is 105 Å². The minimum atomic E-state index is 0.630. The van der Waals surface area contributed by atoms with Gasteiger partial charge in [-0.3, -0.25) is 0 Å². The maximum Gasteiger partial charge on any atom is 0.0755 e. The third kappa shape index (κ3) is 3.07. The largest absolute Gasteiger partial charge is 0.353 e. The lowest BCUT2D eigenvalue weighted by atomic mass is 9.93. The van der Waals surface area contributed by atoms with Crippen LogP contribution in [0.4, 0.5) is 0 Å². The summed E-state index contributed by atoms with van der Waals surface area (Å²) in [6.07, 6.45) is 2.44. The van der Waals surface area contributed by atoms with Gasteiger partial charge in [-0.25, -0.2) is 0 Å². The fraction of sp³-hybridized carbons (Fsp3) is 0.714. The highest BCUT2D eigenvalue weighted by molar-refractivity contribution is 8.07. The van der Waals surface area contributed by atoms with Crippen molar-refractivity contribution in [3.05, 3.63) is 21.2 Å². The molecule has 16 heavy (non-hydrogen) atoms. The monoisotopic (exact) mass is 239 g/mol. The van der Waals surface area contributed by atoms with E-state index in [-0.39, 0.29) is 0 Å². The van der Waals surface area contributed by atoms with Gasteiger partial charge in [0.05, 0.1) is 5.03 Å². The standard InChI is InChI=1S/C14H25NS/c1-7-8-12-13(11(6)9(2)3)15-14(16-12)10(4)5/h9,11,15H,7-8H2,1-6H3. The first kappa shape index (κ1) is 13.7. The highest BCUT2D eigenvalue weighted by Gasteiger charge is 2.25. The number of hydrogen-bond donors (Lipinski definition) is 1. The summed E-state index contributed by atoms with van der Waals surface area (Å²) < 4.78 is 0. The summed E-state index contributed by atoms with van der Waals surface area (Å²) in [5, 5.41) is 4.98. The van der Waals surface area contributed by atoms with Crippen molar-refractivity contribution in [3.63, 3.8) is 0 Å². The van der Waals surface area contributed by atoms with Crippen molar-refractivity contribution >= 4 is 11.8 Å². The van der Waals surface area contributed by atoms with E-state index in [2.05, 4.69) is 46.9 Å². The number of nitrogens with one attached hydrogen (secondary N) is 1. The van der Waals surface area contributed by atoms with Gasteiger partial charge in [-0.2, -0.15) is 0 Å². The molecule has 1 heterocycles. The Morgan fingerprint density at radius 2 is 1.88 bits per heavy atom. The molecule has 0 aromatic heterocycles. The summed E-state index contributed by atoms with van der Waals surface area (Å²) >= 11 is 1.95. The van der Waals surface area contributed by atoms with Gasteiger partial charge in [0, 0.05) is 10.6 Å². The Balaban J connectivity index is 2.91. The van der Waals surface area contributed by atoms with E-state index >= 15 is 0 Å². The molecule has 0 spiro atoms. The van der Waals surface area contributed by atoms with Crippen LogP contribution >= 0.6 is 11.8 Å². The van der Waals surface area contributed by atoms with Crippen LogP contribution in [0.2, 0.25) is 0 Å². The zero-order valence-electron chi connectivity index (χ0n) is 11.5. The molecule has 0 aliphatic carbocycles. The average Bonchev–Trinajstić information content (AvgIpc) is 2.61. The maximum absolute atomic E-state index is 3.63. The fourth-order valence-electron chi connectivity index (χ4n) is 1.74. The SMILES string of the molecule is CCCC1=C(C(C)C(C)C)NC(=C(C)C)S1. The molecule has 0 aromatic carbocycles. The van der Waals surface area contributed by atoms with E-state index < -0.39 is 0 Å². The van der Waals surface area contributed by atoms with Crippen molar-refractivity contribution < 1.29 is 0 Å². The van der Waals surface area contributed by atoms with Crippen molar-refractivity contribution in [1.29, 1.82) is 0 Å². The lowest BCUT2D eigenvalue weighted by Crippen LogP contribution is -2.18. The molecule has 0 saturated heterocycles. The predicted molar refractivity (Wildman–Crippen MR) is 75.0 cm³/mol. The van der Waals surface area contributed by atoms with Gasteiger partial charge < -0.3 is 5.32 Å². The summed E-state index contributed by atoms with van der Waals surface area (Å²) in [6, 6.07) is 0. The second-order valence-corrected chi connectivity index (χ2v) is 6.28. The van der Waals surface area contributed by atoms with Crippen molar-refractivity contribution in [2.75, 3.05) is 0 Å². The number of rotatable bonds is 4. The molecule has 2 heteroatoms. The van der Waals surface area contributed by atoms with Crippen molar-refractivity contribution in [2.24, 2.45) is 11.8 Å². The molecular weight excluding hydrogens is 214 g/mol. The molecule has 0 amide bonds. The Kier molecular flexibility index (Phi) is 4.97. The van der Waals surface area contributed by atoms with Crippen LogP contribution in [0, 0.1) is 11.8 Å². The lowest BCUT2D eigenvalue weighted by molar-refractivity contribution is 0.462. The van der Waals surface area contributed by atoms with Gasteiger partial charge in [0.15, 0.2) is 0 Å². The summed E-state index contributed by atoms with van der Waals surface area (Å²) in [7, 11) is 0. The average molecular weight is 239 g/mol. The normalized spacial score (nSPS) is 18.1. The molecule has 1 rings (SSSR count). The molecule has 1 N–H and O–H groups in total. The van der Waals surface area contributed by atoms with Crippen LogP contribution in [-0.4, -0.2) is 0 Å². The van der Waals surface area contributed by atoms with Gasteiger partial charge in [0.1, 0.15) is 0 Å². The molecule has 1 unspecified atom stereocenters. The predicted octanol–water partition coefficient (Wildman–Crippen LogP) is 4.88. The van der Waals surface area contributed by atoms with E-state index in [1.165, 1.54) is 29.1 Å². The van der Waals surface area contributed by atoms with Gasteiger partial charge in [-0.15, -0.1) is 0 Å². The summed E-state index contributed by atoms with van der Waals surface area (Å²) in [6.45, 7) is 13.6. The first-order valence-electron chi connectivity index (χ1n) is 6.32. The van der Waals surface area contributed by atoms with Gasteiger partial charge in [0.2, 0.25) is 0 Å². The van der Waals surface area contributed by atoms with Crippen LogP contribution in [-0.2, 0) is 0 Å². The topological polar surface area (TPSA) is 12.0 Å². The van der Waals surface area contributed by atoms with Crippen molar-refractivity contribution in [3.8, 4) is 0 Å². The Bertz CT molecular complexity index is 309. The van der Waals surface area contributed by atoms with E-state index in [9.17, 15) is 0 Å². The molecule has 0 bridgehead atoms. The zero-order valence-corrected chi connectivity index (χ0v) is 12.3. The second-order valence-electron chi connectivity index (χ2n) is 5.18. The lowest BCUT2D eigenvalue weighted by Gasteiger charge is -2.19. The van der Waals surface area contributed by atoms with Crippen LogP contribution in [0.1, 0.15) is 54.4 Å². The molecule has 0 radical (unpaired) electrons. The van der Waals surface area contributed by atoms with Crippen molar-refractivity contribution in [2.45, 2.75) is 54.4 Å². The van der Waals surface area contributed by atoms with Gasteiger partial charge >= 0.3 is 0 Å². The first-order valence-corrected chi connectivity index (χ1v) is 7.14. The number of allylic oxidation sites excluding steroid dienone is 3. The van der Waals surface area contributed by atoms with Gasteiger partial charge in [0.25, 0.3) is 0 Å². The summed E-state index contributed by atoms with van der Waals surface area (Å²) in [4.78, 5) is 1.56.